The largest absolute Gasteiger partial charge is 0.505 e. The zero-order valence-corrected chi connectivity index (χ0v) is 19.5. The van der Waals surface area contributed by atoms with Gasteiger partial charge in [-0.1, -0.05) is 49.3 Å². The van der Waals surface area contributed by atoms with E-state index < -0.39 is 20.9 Å². The number of hydrogen-bond donors (Lipinski definition) is 1. The van der Waals surface area contributed by atoms with Crippen LogP contribution in [0.5, 0.6) is 11.5 Å². The molecule has 1 fully saturated rings. The van der Waals surface area contributed by atoms with E-state index in [-0.39, 0.29) is 30.8 Å². The number of allylic oxidation sites excluding steroid dienone is 1. The summed E-state index contributed by atoms with van der Waals surface area (Å²) in [5, 5.41) is 8.84. The lowest BCUT2D eigenvalue weighted by Crippen LogP contribution is -2.19. The number of halogens is 1. The Kier molecular flexibility index (Phi) is 7.20. The predicted molar refractivity (Wildman–Crippen MR) is 126 cm³/mol. The van der Waals surface area contributed by atoms with Crippen LogP contribution in [0.3, 0.4) is 0 Å². The molecule has 176 valence electrons. The number of phenols is 1. The fourth-order valence-corrected chi connectivity index (χ4v) is 6.50. The van der Waals surface area contributed by atoms with E-state index in [1.54, 1.807) is 6.07 Å². The first-order valence-corrected chi connectivity index (χ1v) is 13.0. The van der Waals surface area contributed by atoms with Gasteiger partial charge in [-0.25, -0.2) is 12.8 Å². The number of aromatic hydroxyl groups is 1. The normalized spacial score (nSPS) is 21.9. The topological polar surface area (TPSA) is 72.8 Å². The highest BCUT2D eigenvalue weighted by Gasteiger charge is 2.46. The molecule has 1 N–H and O–H groups in total. The van der Waals surface area contributed by atoms with Crippen LogP contribution in [-0.2, 0) is 14.6 Å². The first-order chi connectivity index (χ1) is 15.9. The smallest absolute Gasteiger partial charge is 0.165 e. The molecule has 2 aliphatic heterocycles. The molecule has 2 heterocycles. The summed E-state index contributed by atoms with van der Waals surface area (Å²) >= 11 is 0. The lowest BCUT2D eigenvalue weighted by atomic mass is 9.95. The number of para-hydroxylation sites is 1. The van der Waals surface area contributed by atoms with Gasteiger partial charge in [-0.3, -0.25) is 0 Å². The zero-order chi connectivity index (χ0) is 23.4. The number of benzene rings is 2. The molecule has 0 unspecified atom stereocenters. The quantitative estimate of drug-likeness (QED) is 0.516. The fourth-order valence-electron chi connectivity index (χ4n) is 4.58. The first kappa shape index (κ1) is 23.5. The van der Waals surface area contributed by atoms with E-state index in [4.69, 9.17) is 9.47 Å². The van der Waals surface area contributed by atoms with Gasteiger partial charge < -0.3 is 14.6 Å². The summed E-state index contributed by atoms with van der Waals surface area (Å²) in [5.74, 6) is -0.291. The van der Waals surface area contributed by atoms with E-state index in [1.807, 2.05) is 36.4 Å². The highest BCUT2D eigenvalue weighted by Crippen LogP contribution is 2.39. The van der Waals surface area contributed by atoms with Gasteiger partial charge in [0.25, 0.3) is 0 Å². The number of ether oxygens (including phenoxy) is 2. The second kappa shape index (κ2) is 10.1. The molecule has 4 rings (SSSR count). The van der Waals surface area contributed by atoms with Crippen LogP contribution < -0.4 is 4.74 Å². The van der Waals surface area contributed by atoms with Crippen LogP contribution in [0.2, 0.25) is 0 Å². The van der Waals surface area contributed by atoms with Gasteiger partial charge >= 0.3 is 0 Å². The Morgan fingerprint density at radius 1 is 1.21 bits per heavy atom. The van der Waals surface area contributed by atoms with Gasteiger partial charge in [0.15, 0.2) is 21.4 Å². The van der Waals surface area contributed by atoms with Crippen molar-refractivity contribution in [2.75, 3.05) is 19.0 Å². The van der Waals surface area contributed by atoms with Crippen molar-refractivity contribution in [3.8, 4) is 11.5 Å². The highest BCUT2D eigenvalue weighted by molar-refractivity contribution is 7.92. The van der Waals surface area contributed by atoms with Gasteiger partial charge in [0, 0.05) is 0 Å². The van der Waals surface area contributed by atoms with Gasteiger partial charge in [0.05, 0.1) is 18.5 Å². The molecule has 0 bridgehead atoms. The lowest BCUT2D eigenvalue weighted by molar-refractivity contribution is 0.117. The first-order valence-electron chi connectivity index (χ1n) is 11.3. The molecule has 7 heteroatoms. The number of hydrogen-bond acceptors (Lipinski definition) is 5. The van der Waals surface area contributed by atoms with Gasteiger partial charge in [0.1, 0.15) is 17.6 Å². The molecule has 2 aromatic rings. The lowest BCUT2D eigenvalue weighted by Gasteiger charge is -2.16. The average molecular weight is 473 g/mol. The SMILES string of the molecule is CCC/C(=C\c1ccc(O)c(F)c1)CC[C@H]1OC[C@H]2C1=C(COc1ccccc1)CS2(=O)=O. The van der Waals surface area contributed by atoms with Crippen molar-refractivity contribution in [2.24, 2.45) is 0 Å². The third-order valence-corrected chi connectivity index (χ3v) is 8.17. The van der Waals surface area contributed by atoms with E-state index in [0.717, 1.165) is 29.6 Å². The molecule has 33 heavy (non-hydrogen) atoms. The molecule has 0 radical (unpaired) electrons. The Hall–Kier alpha value is -2.64. The second-order valence-electron chi connectivity index (χ2n) is 8.58. The third-order valence-electron chi connectivity index (χ3n) is 6.16. The van der Waals surface area contributed by atoms with Crippen molar-refractivity contribution in [2.45, 2.75) is 44.0 Å². The van der Waals surface area contributed by atoms with Gasteiger partial charge in [0.2, 0.25) is 0 Å². The summed E-state index contributed by atoms with van der Waals surface area (Å²) in [6.45, 7) is 2.50. The highest BCUT2D eigenvalue weighted by atomic mass is 32.2. The van der Waals surface area contributed by atoms with Gasteiger partial charge in [-0.05, 0) is 60.2 Å². The number of phenolic OH excluding ortho intramolecular Hbond substituents is 1. The van der Waals surface area contributed by atoms with Crippen molar-refractivity contribution in [3.63, 3.8) is 0 Å². The van der Waals surface area contributed by atoms with E-state index >= 15 is 0 Å². The van der Waals surface area contributed by atoms with Crippen LogP contribution in [0.25, 0.3) is 6.08 Å². The van der Waals surface area contributed by atoms with E-state index in [1.165, 1.54) is 12.1 Å². The summed E-state index contributed by atoms with van der Waals surface area (Å²) in [5.41, 5.74) is 3.49. The molecule has 2 aliphatic rings. The summed E-state index contributed by atoms with van der Waals surface area (Å²) < 4.78 is 50.9. The summed E-state index contributed by atoms with van der Waals surface area (Å²) in [6.07, 6.45) is 4.83. The van der Waals surface area contributed by atoms with E-state index in [0.29, 0.717) is 24.2 Å². The van der Waals surface area contributed by atoms with Crippen molar-refractivity contribution < 1.29 is 27.4 Å². The Balaban J connectivity index is 1.50. The monoisotopic (exact) mass is 472 g/mol. The predicted octanol–water partition coefficient (Wildman–Crippen LogP) is 5.07. The van der Waals surface area contributed by atoms with Crippen LogP contribution in [0.15, 0.2) is 65.3 Å². The molecule has 0 spiro atoms. The summed E-state index contributed by atoms with van der Waals surface area (Å²) in [7, 11) is -3.28. The minimum absolute atomic E-state index is 0.0180. The van der Waals surface area contributed by atoms with Gasteiger partial charge in [-0.2, -0.15) is 0 Å². The average Bonchev–Trinajstić information content (AvgIpc) is 3.33. The maximum Gasteiger partial charge on any atom is 0.165 e. The van der Waals surface area contributed by atoms with Crippen molar-refractivity contribution in [3.05, 3.63) is 76.6 Å². The third kappa shape index (κ3) is 5.47. The zero-order valence-electron chi connectivity index (χ0n) is 18.7. The van der Waals surface area contributed by atoms with E-state index in [9.17, 15) is 17.9 Å². The molecule has 2 atom stereocenters. The Bertz CT molecular complexity index is 1150. The second-order valence-corrected chi connectivity index (χ2v) is 10.8. The van der Waals surface area contributed by atoms with Crippen LogP contribution in [0.4, 0.5) is 4.39 Å². The van der Waals surface area contributed by atoms with Crippen LogP contribution in [-0.4, -0.2) is 43.8 Å². The molecule has 5 nitrogen and oxygen atoms in total. The molecule has 0 saturated carbocycles. The van der Waals surface area contributed by atoms with E-state index in [2.05, 4.69) is 6.92 Å². The summed E-state index contributed by atoms with van der Waals surface area (Å²) in [4.78, 5) is 0. The number of sulfone groups is 1. The summed E-state index contributed by atoms with van der Waals surface area (Å²) in [6, 6.07) is 13.7. The van der Waals surface area contributed by atoms with Crippen LogP contribution >= 0.6 is 0 Å². The minimum Gasteiger partial charge on any atom is -0.505 e. The molecule has 0 aromatic heterocycles. The standard InChI is InChI=1S/C26H29FO5S/c1-2-6-18(13-19-9-11-23(28)22(27)14-19)10-12-24-26-20(15-31-21-7-4-3-5-8-21)17-33(29,30)25(26)16-32-24/h3-5,7-9,11,13-14,24-25,28H,2,6,10,12,15-17H2,1H3/b18-13+/t24-,25+/m1/s1. The maximum absolute atomic E-state index is 13.7. The van der Waals surface area contributed by atoms with Gasteiger partial charge in [-0.15, -0.1) is 0 Å². The van der Waals surface area contributed by atoms with Crippen molar-refractivity contribution in [1.82, 2.24) is 0 Å². The molecule has 0 aliphatic carbocycles. The Morgan fingerprint density at radius 3 is 2.73 bits per heavy atom. The molecule has 2 aromatic carbocycles. The van der Waals surface area contributed by atoms with Crippen molar-refractivity contribution >= 4 is 15.9 Å². The Morgan fingerprint density at radius 2 is 2.00 bits per heavy atom. The molecular weight excluding hydrogens is 443 g/mol. The molecule has 0 amide bonds. The molecule has 1 saturated heterocycles. The fraction of sp³-hybridized carbons (Fsp3) is 0.385. The number of rotatable bonds is 9. The van der Waals surface area contributed by atoms with Crippen molar-refractivity contribution in [1.29, 1.82) is 0 Å². The number of fused-ring (bicyclic) bond motifs is 1. The Labute approximate surface area is 194 Å². The maximum atomic E-state index is 13.7. The van der Waals surface area contributed by atoms with Crippen LogP contribution in [0.1, 0.15) is 38.2 Å². The van der Waals surface area contributed by atoms with Crippen LogP contribution in [0, 0.1) is 5.82 Å². The minimum atomic E-state index is -3.28. The molecular formula is C26H29FO5S.